The van der Waals surface area contributed by atoms with Crippen LogP contribution in [0.15, 0.2) is 30.3 Å². The molecule has 3 rings (SSSR count). The standard InChI is InChI=1S/C30H50N4O2/c1-23(2)20-26(33-29(35)27(31)21-25-15-7-4-8-16-25)22-34-19-11-17-28(34)30(36)32-18-10-9-14-24-12-5-3-6-13-24/h3,5-6,12-13,23,25-28H,4,7-11,14-22,31H2,1-2H3,(H,32,36)(H,33,35)/t26-,27-,28-/m0/s1. The van der Waals surface area contributed by atoms with Crippen molar-refractivity contribution in [2.75, 3.05) is 19.6 Å². The first kappa shape index (κ1) is 28.6. The fourth-order valence-electron chi connectivity index (χ4n) is 6.00. The van der Waals surface area contributed by atoms with Crippen molar-refractivity contribution in [1.82, 2.24) is 15.5 Å². The van der Waals surface area contributed by atoms with Crippen molar-refractivity contribution in [3.8, 4) is 0 Å². The third-order valence-electron chi connectivity index (χ3n) is 7.91. The minimum absolute atomic E-state index is 0.0224. The number of carbonyl (C=O) groups is 2. The zero-order valence-electron chi connectivity index (χ0n) is 22.7. The van der Waals surface area contributed by atoms with Crippen LogP contribution in [0, 0.1) is 11.8 Å². The summed E-state index contributed by atoms with van der Waals surface area (Å²) in [5.41, 5.74) is 7.69. The first-order chi connectivity index (χ1) is 17.4. The van der Waals surface area contributed by atoms with Crippen molar-refractivity contribution >= 4 is 11.8 Å². The number of hydrogen-bond acceptors (Lipinski definition) is 4. The molecule has 36 heavy (non-hydrogen) atoms. The van der Waals surface area contributed by atoms with E-state index in [4.69, 9.17) is 5.73 Å². The van der Waals surface area contributed by atoms with Gasteiger partial charge >= 0.3 is 0 Å². The smallest absolute Gasteiger partial charge is 0.237 e. The minimum atomic E-state index is -0.434. The number of nitrogens with two attached hydrogens (primary N) is 1. The van der Waals surface area contributed by atoms with Gasteiger partial charge in [0, 0.05) is 19.1 Å². The summed E-state index contributed by atoms with van der Waals surface area (Å²) in [4.78, 5) is 28.2. The van der Waals surface area contributed by atoms with Crippen LogP contribution in [0.4, 0.5) is 0 Å². The van der Waals surface area contributed by atoms with E-state index in [1.165, 1.54) is 37.7 Å². The molecule has 6 heteroatoms. The number of aryl methyl sites for hydroxylation is 1. The van der Waals surface area contributed by atoms with E-state index >= 15 is 0 Å². The normalized spacial score (nSPS) is 20.8. The van der Waals surface area contributed by atoms with Gasteiger partial charge in [-0.25, -0.2) is 0 Å². The molecule has 0 aromatic heterocycles. The molecule has 1 aromatic rings. The van der Waals surface area contributed by atoms with Gasteiger partial charge < -0.3 is 16.4 Å². The number of hydrogen-bond donors (Lipinski definition) is 3. The van der Waals surface area contributed by atoms with Crippen LogP contribution in [0.1, 0.15) is 90.0 Å². The molecule has 1 saturated carbocycles. The van der Waals surface area contributed by atoms with Gasteiger partial charge in [-0.3, -0.25) is 14.5 Å². The molecule has 0 bridgehead atoms. The summed E-state index contributed by atoms with van der Waals surface area (Å²) < 4.78 is 0. The zero-order valence-corrected chi connectivity index (χ0v) is 22.7. The van der Waals surface area contributed by atoms with Gasteiger partial charge in [-0.2, -0.15) is 0 Å². The van der Waals surface area contributed by atoms with E-state index in [1.807, 2.05) is 6.07 Å². The van der Waals surface area contributed by atoms with Gasteiger partial charge in [-0.05, 0) is 68.9 Å². The maximum absolute atomic E-state index is 13.0. The van der Waals surface area contributed by atoms with Gasteiger partial charge in [-0.15, -0.1) is 0 Å². The Morgan fingerprint density at radius 2 is 1.78 bits per heavy atom. The molecule has 1 aliphatic heterocycles. The van der Waals surface area contributed by atoms with Crippen molar-refractivity contribution in [3.63, 3.8) is 0 Å². The first-order valence-electron chi connectivity index (χ1n) is 14.5. The number of carbonyl (C=O) groups excluding carboxylic acids is 2. The zero-order chi connectivity index (χ0) is 25.8. The molecule has 4 N–H and O–H groups in total. The van der Waals surface area contributed by atoms with Crippen LogP contribution >= 0.6 is 0 Å². The average Bonchev–Trinajstić information content (AvgIpc) is 3.32. The molecule has 0 unspecified atom stereocenters. The van der Waals surface area contributed by atoms with E-state index in [0.29, 0.717) is 18.4 Å². The predicted molar refractivity (Wildman–Crippen MR) is 148 cm³/mol. The summed E-state index contributed by atoms with van der Waals surface area (Å²) in [6.45, 7) is 6.71. The van der Waals surface area contributed by atoms with Gasteiger partial charge in [0.2, 0.25) is 11.8 Å². The molecule has 1 heterocycles. The van der Waals surface area contributed by atoms with E-state index in [9.17, 15) is 9.59 Å². The van der Waals surface area contributed by atoms with Crippen LogP contribution in [0.2, 0.25) is 0 Å². The number of likely N-dealkylation sites (tertiary alicyclic amines) is 1. The van der Waals surface area contributed by atoms with Crippen molar-refractivity contribution in [1.29, 1.82) is 0 Å². The van der Waals surface area contributed by atoms with Crippen molar-refractivity contribution < 1.29 is 9.59 Å². The summed E-state index contributed by atoms with van der Waals surface area (Å²) in [5.74, 6) is 1.16. The molecule has 6 nitrogen and oxygen atoms in total. The highest BCUT2D eigenvalue weighted by atomic mass is 16.2. The highest BCUT2D eigenvalue weighted by Crippen LogP contribution is 2.27. The number of nitrogens with one attached hydrogen (secondary N) is 2. The van der Waals surface area contributed by atoms with E-state index in [0.717, 1.165) is 58.0 Å². The molecule has 0 radical (unpaired) electrons. The molecule has 1 aliphatic carbocycles. The second-order valence-electron chi connectivity index (χ2n) is 11.6. The highest BCUT2D eigenvalue weighted by molar-refractivity contribution is 5.82. The van der Waals surface area contributed by atoms with E-state index < -0.39 is 6.04 Å². The van der Waals surface area contributed by atoms with Crippen LogP contribution in [-0.2, 0) is 16.0 Å². The Hall–Kier alpha value is -1.92. The first-order valence-corrected chi connectivity index (χ1v) is 14.5. The molecule has 3 atom stereocenters. The molecule has 202 valence electrons. The van der Waals surface area contributed by atoms with Crippen LogP contribution in [-0.4, -0.2) is 54.5 Å². The maximum Gasteiger partial charge on any atom is 0.237 e. The van der Waals surface area contributed by atoms with Crippen LogP contribution in [0.5, 0.6) is 0 Å². The van der Waals surface area contributed by atoms with Gasteiger partial charge in [-0.1, -0.05) is 76.3 Å². The van der Waals surface area contributed by atoms with Crippen LogP contribution < -0.4 is 16.4 Å². The lowest BCUT2D eigenvalue weighted by molar-refractivity contribution is -0.125. The summed E-state index contributed by atoms with van der Waals surface area (Å²) in [7, 11) is 0. The Balaban J connectivity index is 1.43. The number of nitrogens with zero attached hydrogens (tertiary/aromatic N) is 1. The second-order valence-corrected chi connectivity index (χ2v) is 11.6. The van der Waals surface area contributed by atoms with E-state index in [1.54, 1.807) is 0 Å². The van der Waals surface area contributed by atoms with Crippen molar-refractivity contribution in [2.45, 2.75) is 109 Å². The fourth-order valence-corrected chi connectivity index (χ4v) is 6.00. The third kappa shape index (κ3) is 9.85. The van der Waals surface area contributed by atoms with E-state index in [2.05, 4.69) is 53.6 Å². The Labute approximate surface area is 219 Å². The Bertz CT molecular complexity index is 778. The summed E-state index contributed by atoms with van der Waals surface area (Å²) >= 11 is 0. The summed E-state index contributed by atoms with van der Waals surface area (Å²) in [5, 5.41) is 6.43. The molecule has 1 aromatic carbocycles. The van der Waals surface area contributed by atoms with Crippen LogP contribution in [0.25, 0.3) is 0 Å². The van der Waals surface area contributed by atoms with Crippen molar-refractivity contribution in [3.05, 3.63) is 35.9 Å². The molecule has 2 fully saturated rings. The summed E-state index contributed by atoms with van der Waals surface area (Å²) in [6.07, 6.45) is 12.9. The lowest BCUT2D eigenvalue weighted by Gasteiger charge is -2.31. The monoisotopic (exact) mass is 498 g/mol. The largest absolute Gasteiger partial charge is 0.355 e. The van der Waals surface area contributed by atoms with Gasteiger partial charge in [0.25, 0.3) is 0 Å². The number of rotatable bonds is 14. The Morgan fingerprint density at radius 1 is 1.03 bits per heavy atom. The van der Waals surface area contributed by atoms with Crippen LogP contribution in [0.3, 0.4) is 0 Å². The third-order valence-corrected chi connectivity index (χ3v) is 7.91. The number of benzene rings is 1. The maximum atomic E-state index is 13.0. The fraction of sp³-hybridized carbons (Fsp3) is 0.733. The van der Waals surface area contributed by atoms with Gasteiger partial charge in [0.05, 0.1) is 12.1 Å². The molecular weight excluding hydrogens is 448 g/mol. The topological polar surface area (TPSA) is 87.5 Å². The molecule has 2 aliphatic rings. The molecular formula is C30H50N4O2. The van der Waals surface area contributed by atoms with Gasteiger partial charge in [0.15, 0.2) is 0 Å². The number of unbranched alkanes of at least 4 members (excludes halogenated alkanes) is 1. The second kappa shape index (κ2) is 15.4. The Morgan fingerprint density at radius 3 is 2.50 bits per heavy atom. The number of amides is 2. The Kier molecular flexibility index (Phi) is 12.2. The molecule has 0 spiro atoms. The quantitative estimate of drug-likeness (QED) is 0.331. The highest BCUT2D eigenvalue weighted by Gasteiger charge is 2.33. The average molecular weight is 499 g/mol. The van der Waals surface area contributed by atoms with Gasteiger partial charge in [0.1, 0.15) is 0 Å². The lowest BCUT2D eigenvalue weighted by atomic mass is 9.85. The predicted octanol–water partition coefficient (Wildman–Crippen LogP) is 4.42. The van der Waals surface area contributed by atoms with E-state index in [-0.39, 0.29) is 23.9 Å². The summed E-state index contributed by atoms with van der Waals surface area (Å²) in [6, 6.07) is 10.00. The molecule has 2 amide bonds. The lowest BCUT2D eigenvalue weighted by Crippen LogP contribution is -2.53. The molecule has 1 saturated heterocycles. The SMILES string of the molecule is CC(C)C[C@@H](CN1CCC[C@H]1C(=O)NCCCCc1ccccc1)NC(=O)[C@@H](N)CC1CCCCC1. The van der Waals surface area contributed by atoms with Crippen molar-refractivity contribution in [2.24, 2.45) is 17.6 Å². The minimum Gasteiger partial charge on any atom is -0.355 e.